The molecule has 0 spiro atoms. The summed E-state index contributed by atoms with van der Waals surface area (Å²) in [7, 11) is -1.73. The van der Waals surface area contributed by atoms with Crippen LogP contribution < -0.4 is 13.6 Å². The SMILES string of the molecule is CCCCCCCCCc1ccc(OP(Oc2ccc(CCCCCCCCC)cc2C)Oc2ccc(CCCCCCCCC)cc2C)c(C)c1. The minimum absolute atomic E-state index is 0.829. The summed E-state index contributed by atoms with van der Waals surface area (Å²) >= 11 is 0. The highest BCUT2D eigenvalue weighted by atomic mass is 31.2. The summed E-state index contributed by atoms with van der Waals surface area (Å²) in [6.07, 6.45) is 31.3. The lowest BCUT2D eigenvalue weighted by Crippen LogP contribution is -2.05. The van der Waals surface area contributed by atoms with E-state index in [2.05, 4.69) is 96.1 Å². The largest absolute Gasteiger partial charge is 0.530 e. The van der Waals surface area contributed by atoms with Gasteiger partial charge in [-0.15, -0.1) is 0 Å². The maximum Gasteiger partial charge on any atom is 0.530 e. The van der Waals surface area contributed by atoms with Crippen molar-refractivity contribution in [2.24, 2.45) is 0 Å². The molecule has 0 N–H and O–H groups in total. The average Bonchev–Trinajstić information content (AvgIpc) is 3.13. The van der Waals surface area contributed by atoms with E-state index in [9.17, 15) is 0 Å². The molecule has 0 unspecified atom stereocenters. The van der Waals surface area contributed by atoms with E-state index in [1.54, 1.807) is 0 Å². The van der Waals surface area contributed by atoms with Crippen LogP contribution >= 0.6 is 8.60 Å². The number of aryl methyl sites for hydroxylation is 6. The monoisotopic (exact) mass is 731 g/mol. The van der Waals surface area contributed by atoms with E-state index in [4.69, 9.17) is 13.6 Å². The highest BCUT2D eigenvalue weighted by Gasteiger charge is 2.23. The van der Waals surface area contributed by atoms with Crippen LogP contribution in [0, 0.1) is 20.8 Å². The highest BCUT2D eigenvalue weighted by molar-refractivity contribution is 7.43. The van der Waals surface area contributed by atoms with Gasteiger partial charge in [0.15, 0.2) is 0 Å². The van der Waals surface area contributed by atoms with Crippen molar-refractivity contribution in [2.45, 2.75) is 196 Å². The van der Waals surface area contributed by atoms with Crippen LogP contribution in [0.1, 0.15) is 189 Å². The number of hydrogen-bond donors (Lipinski definition) is 0. The second kappa shape index (κ2) is 27.1. The number of hydrogen-bond acceptors (Lipinski definition) is 3. The fourth-order valence-electron chi connectivity index (χ4n) is 7.06. The van der Waals surface area contributed by atoms with Gasteiger partial charge in [0.2, 0.25) is 0 Å². The van der Waals surface area contributed by atoms with Gasteiger partial charge in [-0.2, -0.15) is 0 Å². The summed E-state index contributed by atoms with van der Waals surface area (Å²) in [6.45, 7) is 13.3. The van der Waals surface area contributed by atoms with Gasteiger partial charge in [-0.25, -0.2) is 0 Å². The molecule has 0 heterocycles. The Morgan fingerprint density at radius 2 is 0.596 bits per heavy atom. The Hall–Kier alpha value is -2.51. The minimum atomic E-state index is -1.73. The molecule has 0 saturated heterocycles. The molecule has 3 aromatic rings. The zero-order chi connectivity index (χ0) is 37.2. The predicted octanol–water partition coefficient (Wildman–Crippen LogP) is 16.3. The van der Waals surface area contributed by atoms with E-state index in [-0.39, 0.29) is 0 Å². The summed E-state index contributed by atoms with van der Waals surface area (Å²) in [4.78, 5) is 0. The molecule has 0 aromatic heterocycles. The first-order chi connectivity index (χ1) is 25.4. The Bertz CT molecular complexity index is 1200. The molecule has 0 fully saturated rings. The predicted molar refractivity (Wildman–Crippen MR) is 227 cm³/mol. The molecule has 0 amide bonds. The third-order valence-corrected chi connectivity index (χ3v) is 11.5. The summed E-state index contributed by atoms with van der Waals surface area (Å²) < 4.78 is 19.9. The van der Waals surface area contributed by atoms with Gasteiger partial charge >= 0.3 is 8.60 Å². The molecule has 0 atom stereocenters. The molecular formula is C48H75O3P. The van der Waals surface area contributed by atoms with Gasteiger partial charge in [-0.3, -0.25) is 0 Å². The zero-order valence-corrected chi connectivity index (χ0v) is 35.2. The van der Waals surface area contributed by atoms with Gasteiger partial charge in [0.05, 0.1) is 0 Å². The smallest absolute Gasteiger partial charge is 0.408 e. The molecule has 290 valence electrons. The average molecular weight is 731 g/mol. The van der Waals surface area contributed by atoms with Crippen molar-refractivity contribution in [2.75, 3.05) is 0 Å². The van der Waals surface area contributed by atoms with Gasteiger partial charge in [0.25, 0.3) is 0 Å². The van der Waals surface area contributed by atoms with Gasteiger partial charge in [-0.1, -0.05) is 173 Å². The van der Waals surface area contributed by atoms with Crippen molar-refractivity contribution in [3.63, 3.8) is 0 Å². The molecule has 0 saturated carbocycles. The van der Waals surface area contributed by atoms with E-state index in [0.717, 1.165) is 53.2 Å². The van der Waals surface area contributed by atoms with Gasteiger partial charge < -0.3 is 13.6 Å². The lowest BCUT2D eigenvalue weighted by molar-refractivity contribution is 0.384. The van der Waals surface area contributed by atoms with Crippen LogP contribution in [0.4, 0.5) is 0 Å². The Morgan fingerprint density at radius 1 is 0.346 bits per heavy atom. The lowest BCUT2D eigenvalue weighted by Gasteiger charge is -2.21. The standard InChI is InChI=1S/C48H75O3P/c1-7-10-13-16-19-22-25-28-43-31-34-46(40(4)37-43)49-52(50-47-35-32-44(38-41(47)5)29-26-23-20-17-14-11-8-2)51-48-36-33-45(39-42(48)6)30-27-24-21-18-15-12-9-3/h31-39H,7-30H2,1-6H3. The Morgan fingerprint density at radius 3 is 0.846 bits per heavy atom. The molecule has 3 nitrogen and oxygen atoms in total. The second-order valence-corrected chi connectivity index (χ2v) is 16.4. The normalized spacial score (nSPS) is 11.4. The molecule has 0 bridgehead atoms. The molecule has 0 aliphatic heterocycles. The van der Waals surface area contributed by atoms with Crippen LogP contribution in [-0.4, -0.2) is 0 Å². The first-order valence-electron chi connectivity index (χ1n) is 21.6. The van der Waals surface area contributed by atoms with E-state index in [1.807, 2.05) is 0 Å². The Kier molecular flexibility index (Phi) is 22.9. The third kappa shape index (κ3) is 18.0. The summed E-state index contributed by atoms with van der Waals surface area (Å²) in [5.74, 6) is 2.49. The van der Waals surface area contributed by atoms with E-state index in [1.165, 1.54) is 152 Å². The highest BCUT2D eigenvalue weighted by Crippen LogP contribution is 2.45. The first kappa shape index (κ1) is 43.9. The Labute approximate surface area is 322 Å². The number of rotatable bonds is 30. The zero-order valence-electron chi connectivity index (χ0n) is 34.3. The maximum absolute atomic E-state index is 6.62. The van der Waals surface area contributed by atoms with E-state index < -0.39 is 8.60 Å². The minimum Gasteiger partial charge on any atom is -0.408 e. The van der Waals surface area contributed by atoms with Crippen molar-refractivity contribution in [3.05, 3.63) is 88.0 Å². The summed E-state index contributed by atoms with van der Waals surface area (Å²) in [5.41, 5.74) is 7.52. The van der Waals surface area contributed by atoms with Crippen LogP contribution in [0.2, 0.25) is 0 Å². The van der Waals surface area contributed by atoms with Gasteiger partial charge in [0, 0.05) is 0 Å². The van der Waals surface area contributed by atoms with Crippen molar-refractivity contribution in [1.82, 2.24) is 0 Å². The topological polar surface area (TPSA) is 27.7 Å². The van der Waals surface area contributed by atoms with Crippen LogP contribution in [0.5, 0.6) is 17.2 Å². The molecule has 3 rings (SSSR count). The molecular weight excluding hydrogens is 655 g/mol. The van der Waals surface area contributed by atoms with Gasteiger partial charge in [0.1, 0.15) is 17.2 Å². The number of unbranched alkanes of at least 4 members (excludes halogenated alkanes) is 18. The molecule has 0 aliphatic carbocycles. The number of benzene rings is 3. The van der Waals surface area contributed by atoms with Crippen molar-refractivity contribution < 1.29 is 13.6 Å². The summed E-state index contributed by atoms with van der Waals surface area (Å²) in [5, 5.41) is 0. The maximum atomic E-state index is 6.62. The lowest BCUT2D eigenvalue weighted by atomic mass is 10.0. The second-order valence-electron chi connectivity index (χ2n) is 15.4. The van der Waals surface area contributed by atoms with Crippen molar-refractivity contribution >= 4 is 8.60 Å². The van der Waals surface area contributed by atoms with Crippen LogP contribution in [0.15, 0.2) is 54.6 Å². The molecule has 52 heavy (non-hydrogen) atoms. The van der Waals surface area contributed by atoms with Gasteiger partial charge in [-0.05, 0) is 111 Å². The molecule has 3 aromatic carbocycles. The van der Waals surface area contributed by atoms with E-state index >= 15 is 0 Å². The first-order valence-corrected chi connectivity index (χ1v) is 22.7. The van der Waals surface area contributed by atoms with Crippen molar-refractivity contribution in [1.29, 1.82) is 0 Å². The van der Waals surface area contributed by atoms with Crippen LogP contribution in [0.25, 0.3) is 0 Å². The summed E-state index contributed by atoms with van der Waals surface area (Å²) in [6, 6.07) is 19.9. The molecule has 0 aliphatic rings. The van der Waals surface area contributed by atoms with Crippen molar-refractivity contribution in [3.8, 4) is 17.2 Å². The Balaban J connectivity index is 1.65. The third-order valence-electron chi connectivity index (χ3n) is 10.4. The molecule has 0 radical (unpaired) electrons. The fourth-order valence-corrected chi connectivity index (χ4v) is 8.27. The fraction of sp³-hybridized carbons (Fsp3) is 0.625. The van der Waals surface area contributed by atoms with Crippen LogP contribution in [0.3, 0.4) is 0 Å². The van der Waals surface area contributed by atoms with E-state index in [0.29, 0.717) is 0 Å². The molecule has 4 heteroatoms. The quantitative estimate of drug-likeness (QED) is 0.0505. The van der Waals surface area contributed by atoms with Crippen LogP contribution in [-0.2, 0) is 19.3 Å².